The van der Waals surface area contributed by atoms with Crippen LogP contribution in [0.3, 0.4) is 0 Å². The molecule has 0 saturated heterocycles. The van der Waals surface area contributed by atoms with Crippen LogP contribution in [0.2, 0.25) is 0 Å². The van der Waals surface area contributed by atoms with Crippen LogP contribution in [-0.2, 0) is 0 Å². The van der Waals surface area contributed by atoms with Crippen molar-refractivity contribution in [1.29, 1.82) is 0 Å². The second kappa shape index (κ2) is 7.01. The average Bonchev–Trinajstić information content (AvgIpc) is 3.34. The maximum absolute atomic E-state index is 6.41. The van der Waals surface area contributed by atoms with Crippen molar-refractivity contribution in [2.24, 2.45) is 5.10 Å². The highest BCUT2D eigenvalue weighted by molar-refractivity contribution is 9.10. The minimum Gasteiger partial charge on any atom is -0.464 e. The summed E-state index contributed by atoms with van der Waals surface area (Å²) in [5, 5.41) is 7.01. The molecular formula is C22H19BrN2O2S. The highest BCUT2D eigenvalue weighted by atomic mass is 79.9. The minimum atomic E-state index is -0.261. The molecule has 142 valence electrons. The largest absolute Gasteiger partial charge is 0.464 e. The Morgan fingerprint density at radius 2 is 1.93 bits per heavy atom. The Kier molecular flexibility index (Phi) is 4.48. The molecule has 0 unspecified atom stereocenters. The molecule has 1 aromatic heterocycles. The number of furan rings is 1. The van der Waals surface area contributed by atoms with Crippen LogP contribution in [0.1, 0.15) is 41.3 Å². The number of rotatable bonds is 3. The highest BCUT2D eigenvalue weighted by Gasteiger charge is 2.41. The van der Waals surface area contributed by atoms with Gasteiger partial charge in [-0.1, -0.05) is 28.1 Å². The van der Waals surface area contributed by atoms with E-state index in [1.807, 2.05) is 31.2 Å². The van der Waals surface area contributed by atoms with E-state index in [4.69, 9.17) is 14.3 Å². The summed E-state index contributed by atoms with van der Waals surface area (Å²) in [6.45, 7) is 1.96. The van der Waals surface area contributed by atoms with Gasteiger partial charge < -0.3 is 9.15 Å². The lowest BCUT2D eigenvalue weighted by molar-refractivity contribution is -0.0191. The Balaban J connectivity index is 1.58. The second-order valence-electron chi connectivity index (χ2n) is 6.98. The molecule has 0 bridgehead atoms. The van der Waals surface area contributed by atoms with E-state index in [0.29, 0.717) is 0 Å². The zero-order valence-corrected chi connectivity index (χ0v) is 18.0. The van der Waals surface area contributed by atoms with Crippen LogP contribution in [0.4, 0.5) is 0 Å². The number of ether oxygens (including phenoxy) is 1. The quantitative estimate of drug-likeness (QED) is 0.434. The SMILES string of the molecule is CSc1ccc([C@H]2Oc3ccc(Br)cc3[C@@H]3CC(c4ccc(C)o4)=NN23)cc1. The minimum absolute atomic E-state index is 0.117. The summed E-state index contributed by atoms with van der Waals surface area (Å²) in [6.07, 6.45) is 2.61. The van der Waals surface area contributed by atoms with Crippen LogP contribution in [-0.4, -0.2) is 17.0 Å². The summed E-state index contributed by atoms with van der Waals surface area (Å²) in [7, 11) is 0. The van der Waals surface area contributed by atoms with E-state index >= 15 is 0 Å². The number of hydrazone groups is 1. The third-order valence-corrected chi connectivity index (χ3v) is 6.41. The standard InChI is InChI=1S/C22H19BrN2O2S/c1-13-3-9-21(26-13)18-12-19-17-11-15(23)6-10-20(17)27-22(25(19)24-18)14-4-7-16(28-2)8-5-14/h3-11,19,22H,12H2,1-2H3/t19-,22+/m0/s1. The lowest BCUT2D eigenvalue weighted by atomic mass is 9.97. The topological polar surface area (TPSA) is 38.0 Å². The van der Waals surface area contributed by atoms with Gasteiger partial charge in [-0.05, 0) is 55.6 Å². The van der Waals surface area contributed by atoms with E-state index in [2.05, 4.69) is 57.5 Å². The first-order valence-corrected chi connectivity index (χ1v) is 11.2. The Morgan fingerprint density at radius 1 is 1.11 bits per heavy atom. The number of hydrogen-bond acceptors (Lipinski definition) is 5. The number of thioether (sulfide) groups is 1. The maximum Gasteiger partial charge on any atom is 0.213 e. The van der Waals surface area contributed by atoms with Gasteiger partial charge in [0.1, 0.15) is 23.0 Å². The normalized spacial score (nSPS) is 20.4. The Hall–Kier alpha value is -2.18. The highest BCUT2D eigenvalue weighted by Crippen LogP contribution is 2.48. The fourth-order valence-electron chi connectivity index (χ4n) is 3.79. The smallest absolute Gasteiger partial charge is 0.213 e. The van der Waals surface area contributed by atoms with Crippen LogP contribution >= 0.6 is 27.7 Å². The lowest BCUT2D eigenvalue weighted by Crippen LogP contribution is -2.33. The van der Waals surface area contributed by atoms with Crippen LogP contribution in [0.25, 0.3) is 0 Å². The average molecular weight is 455 g/mol. The number of hydrogen-bond donors (Lipinski definition) is 0. The van der Waals surface area contributed by atoms with Crippen molar-refractivity contribution in [3.05, 3.63) is 81.7 Å². The van der Waals surface area contributed by atoms with Crippen LogP contribution in [0, 0.1) is 6.92 Å². The molecule has 0 radical (unpaired) electrons. The Labute approximate surface area is 176 Å². The predicted octanol–water partition coefficient (Wildman–Crippen LogP) is 6.31. The molecule has 0 saturated carbocycles. The van der Waals surface area contributed by atoms with Crippen molar-refractivity contribution in [2.45, 2.75) is 30.5 Å². The number of benzene rings is 2. The third kappa shape index (κ3) is 3.05. The molecule has 0 N–H and O–H groups in total. The van der Waals surface area contributed by atoms with E-state index in [1.54, 1.807) is 11.8 Å². The molecule has 2 atom stereocenters. The molecule has 0 amide bonds. The van der Waals surface area contributed by atoms with Gasteiger partial charge in [0, 0.05) is 26.9 Å². The van der Waals surface area contributed by atoms with Crippen molar-refractivity contribution in [2.75, 3.05) is 6.26 Å². The molecular weight excluding hydrogens is 436 g/mol. The molecule has 3 heterocycles. The molecule has 2 aliphatic heterocycles. The van der Waals surface area contributed by atoms with E-state index in [9.17, 15) is 0 Å². The van der Waals surface area contributed by atoms with Crippen LogP contribution < -0.4 is 4.74 Å². The fourth-order valence-corrected chi connectivity index (χ4v) is 4.57. The van der Waals surface area contributed by atoms with Crippen molar-refractivity contribution >= 4 is 33.4 Å². The molecule has 6 heteroatoms. The molecule has 3 aromatic rings. The van der Waals surface area contributed by atoms with Gasteiger partial charge >= 0.3 is 0 Å². The summed E-state index contributed by atoms with van der Waals surface area (Å²) >= 11 is 5.33. The number of nitrogens with zero attached hydrogens (tertiary/aromatic N) is 2. The molecule has 2 aromatic carbocycles. The van der Waals surface area contributed by atoms with Gasteiger partial charge in [0.2, 0.25) is 6.23 Å². The zero-order chi connectivity index (χ0) is 19.3. The summed E-state index contributed by atoms with van der Waals surface area (Å²) in [4.78, 5) is 1.23. The van der Waals surface area contributed by atoms with Crippen molar-refractivity contribution in [3.8, 4) is 5.75 Å². The van der Waals surface area contributed by atoms with E-state index in [-0.39, 0.29) is 12.3 Å². The number of aryl methyl sites for hydroxylation is 1. The molecule has 5 rings (SSSR count). The van der Waals surface area contributed by atoms with Gasteiger partial charge in [-0.25, -0.2) is 5.01 Å². The Bertz CT molecular complexity index is 1060. The number of halogens is 1. The van der Waals surface area contributed by atoms with Gasteiger partial charge in [-0.15, -0.1) is 11.8 Å². The second-order valence-corrected chi connectivity index (χ2v) is 8.78. The third-order valence-electron chi connectivity index (χ3n) is 5.18. The summed E-state index contributed by atoms with van der Waals surface area (Å²) in [5.41, 5.74) is 3.20. The van der Waals surface area contributed by atoms with Gasteiger partial charge in [0.25, 0.3) is 0 Å². The predicted molar refractivity (Wildman–Crippen MR) is 115 cm³/mol. The first-order chi connectivity index (χ1) is 13.6. The number of fused-ring (bicyclic) bond motifs is 3. The summed E-state index contributed by atoms with van der Waals surface area (Å²) < 4.78 is 13.3. The van der Waals surface area contributed by atoms with Gasteiger partial charge in [-0.3, -0.25) is 0 Å². The molecule has 2 aliphatic rings. The van der Waals surface area contributed by atoms with Crippen molar-refractivity contribution < 1.29 is 9.15 Å². The van der Waals surface area contributed by atoms with E-state index in [1.165, 1.54) is 4.90 Å². The van der Waals surface area contributed by atoms with Crippen LogP contribution in [0.5, 0.6) is 5.75 Å². The van der Waals surface area contributed by atoms with Crippen LogP contribution in [0.15, 0.2) is 73.5 Å². The molecule has 4 nitrogen and oxygen atoms in total. The molecule has 0 aliphatic carbocycles. The summed E-state index contributed by atoms with van der Waals surface area (Å²) in [6, 6.07) is 18.8. The first-order valence-electron chi connectivity index (χ1n) is 9.15. The van der Waals surface area contributed by atoms with Crippen molar-refractivity contribution in [3.63, 3.8) is 0 Å². The fraction of sp³-hybridized carbons (Fsp3) is 0.227. The molecule has 0 spiro atoms. The monoisotopic (exact) mass is 454 g/mol. The zero-order valence-electron chi connectivity index (χ0n) is 15.6. The van der Waals surface area contributed by atoms with Gasteiger partial charge in [0.05, 0.1) is 6.04 Å². The lowest BCUT2D eigenvalue weighted by Gasteiger charge is -2.38. The first kappa shape index (κ1) is 17.9. The maximum atomic E-state index is 6.41. The van der Waals surface area contributed by atoms with Gasteiger partial charge in [0.15, 0.2) is 0 Å². The van der Waals surface area contributed by atoms with Crippen molar-refractivity contribution in [1.82, 2.24) is 5.01 Å². The van der Waals surface area contributed by atoms with E-state index < -0.39 is 0 Å². The van der Waals surface area contributed by atoms with E-state index in [0.717, 1.165) is 45.0 Å². The Morgan fingerprint density at radius 3 is 2.64 bits per heavy atom. The molecule has 0 fully saturated rings. The molecule has 28 heavy (non-hydrogen) atoms. The van der Waals surface area contributed by atoms with Gasteiger partial charge in [-0.2, -0.15) is 5.10 Å². The summed E-state index contributed by atoms with van der Waals surface area (Å²) in [5.74, 6) is 2.64.